The summed E-state index contributed by atoms with van der Waals surface area (Å²) in [5.41, 5.74) is 5.73. The molecule has 0 aliphatic heterocycles. The molecule has 0 spiro atoms. The van der Waals surface area contributed by atoms with E-state index in [1.165, 1.54) is 0 Å². The zero-order valence-corrected chi connectivity index (χ0v) is 11.5. The smallest absolute Gasteiger partial charge is 0.422 e. The molecule has 2 atom stereocenters. The summed E-state index contributed by atoms with van der Waals surface area (Å²) in [4.78, 5) is 11.1. The molecule has 106 valence electrons. The lowest BCUT2D eigenvalue weighted by molar-refractivity contribution is 0.121. The molecule has 1 amide bonds. The standard InChI is InChI=1S/C10H21N3O4S/c1-7(2)17-10(14)13-18(15,16)12-6-8-3-4-9(11)5-8/h7-9,12H,3-6,11H2,1-2H3,(H,13,14). The van der Waals surface area contributed by atoms with E-state index in [9.17, 15) is 13.2 Å². The highest BCUT2D eigenvalue weighted by molar-refractivity contribution is 7.88. The van der Waals surface area contributed by atoms with Crippen LogP contribution in [0.5, 0.6) is 0 Å². The highest BCUT2D eigenvalue weighted by Crippen LogP contribution is 2.23. The number of hydrogen-bond acceptors (Lipinski definition) is 5. The number of amides is 1. The third kappa shape index (κ3) is 5.65. The number of hydrogen-bond donors (Lipinski definition) is 3. The van der Waals surface area contributed by atoms with Gasteiger partial charge in [0.15, 0.2) is 0 Å². The lowest BCUT2D eigenvalue weighted by Gasteiger charge is -2.13. The first-order valence-electron chi connectivity index (χ1n) is 6.02. The first-order valence-corrected chi connectivity index (χ1v) is 7.50. The number of rotatable bonds is 5. The molecule has 18 heavy (non-hydrogen) atoms. The summed E-state index contributed by atoms with van der Waals surface area (Å²) in [6.45, 7) is 3.57. The van der Waals surface area contributed by atoms with Crippen LogP contribution in [-0.4, -0.2) is 33.2 Å². The fourth-order valence-corrected chi connectivity index (χ4v) is 2.71. The molecule has 0 saturated heterocycles. The Morgan fingerprint density at radius 2 is 2.11 bits per heavy atom. The van der Waals surface area contributed by atoms with Crippen molar-refractivity contribution in [1.82, 2.24) is 9.44 Å². The van der Waals surface area contributed by atoms with Gasteiger partial charge in [-0.05, 0) is 39.0 Å². The van der Waals surface area contributed by atoms with Crippen molar-refractivity contribution in [3.05, 3.63) is 0 Å². The van der Waals surface area contributed by atoms with Gasteiger partial charge in [-0.2, -0.15) is 13.1 Å². The maximum atomic E-state index is 11.5. The quantitative estimate of drug-likeness (QED) is 0.660. The summed E-state index contributed by atoms with van der Waals surface area (Å²) in [6, 6.07) is 0.151. The van der Waals surface area contributed by atoms with Crippen LogP contribution in [0.1, 0.15) is 33.1 Å². The lowest BCUT2D eigenvalue weighted by atomic mass is 10.1. The first kappa shape index (κ1) is 15.2. The van der Waals surface area contributed by atoms with Crippen molar-refractivity contribution in [2.75, 3.05) is 6.54 Å². The van der Waals surface area contributed by atoms with Crippen LogP contribution in [0.15, 0.2) is 0 Å². The van der Waals surface area contributed by atoms with Gasteiger partial charge >= 0.3 is 16.3 Å². The van der Waals surface area contributed by atoms with Gasteiger partial charge in [0, 0.05) is 12.6 Å². The third-order valence-corrected chi connectivity index (χ3v) is 3.69. The van der Waals surface area contributed by atoms with Gasteiger partial charge in [-0.1, -0.05) is 0 Å². The topological polar surface area (TPSA) is 111 Å². The van der Waals surface area contributed by atoms with E-state index in [2.05, 4.69) is 9.46 Å². The van der Waals surface area contributed by atoms with Crippen LogP contribution in [0.4, 0.5) is 4.79 Å². The van der Waals surface area contributed by atoms with E-state index in [1.807, 2.05) is 0 Å². The molecule has 1 fully saturated rings. The molecule has 7 nitrogen and oxygen atoms in total. The molecule has 0 aromatic carbocycles. The summed E-state index contributed by atoms with van der Waals surface area (Å²) in [6.07, 6.45) is 1.28. The zero-order valence-electron chi connectivity index (χ0n) is 10.7. The van der Waals surface area contributed by atoms with Crippen molar-refractivity contribution in [3.63, 3.8) is 0 Å². The summed E-state index contributed by atoms with van der Waals surface area (Å²) in [5, 5.41) is 0. The van der Waals surface area contributed by atoms with Crippen molar-refractivity contribution in [3.8, 4) is 0 Å². The van der Waals surface area contributed by atoms with Crippen LogP contribution in [0.2, 0.25) is 0 Å². The molecular formula is C10H21N3O4S. The average Bonchev–Trinajstić information content (AvgIpc) is 2.59. The average molecular weight is 279 g/mol. The van der Waals surface area contributed by atoms with Gasteiger partial charge in [-0.15, -0.1) is 0 Å². The van der Waals surface area contributed by atoms with Crippen molar-refractivity contribution in [2.24, 2.45) is 11.7 Å². The molecule has 1 rings (SSSR count). The summed E-state index contributed by atoms with van der Waals surface area (Å²) < 4.78 is 31.8. The van der Waals surface area contributed by atoms with Crippen LogP contribution >= 0.6 is 0 Å². The predicted molar refractivity (Wildman–Crippen MR) is 67.0 cm³/mol. The molecule has 0 radical (unpaired) electrons. The number of ether oxygens (including phenoxy) is 1. The molecule has 0 bridgehead atoms. The second-order valence-corrected chi connectivity index (χ2v) is 6.35. The Morgan fingerprint density at radius 3 is 2.61 bits per heavy atom. The summed E-state index contributed by atoms with van der Waals surface area (Å²) in [7, 11) is -3.85. The molecule has 8 heteroatoms. The maximum Gasteiger partial charge on any atom is 0.422 e. The second-order valence-electron chi connectivity index (χ2n) is 4.85. The number of carbonyl (C=O) groups is 1. The second kappa shape index (κ2) is 6.35. The minimum Gasteiger partial charge on any atom is -0.446 e. The van der Waals surface area contributed by atoms with E-state index in [1.54, 1.807) is 18.6 Å². The third-order valence-electron chi connectivity index (χ3n) is 2.70. The van der Waals surface area contributed by atoms with Crippen molar-refractivity contribution >= 4 is 16.3 Å². The molecule has 1 aliphatic carbocycles. The molecule has 0 heterocycles. The molecule has 0 aromatic rings. The molecule has 1 saturated carbocycles. The van der Waals surface area contributed by atoms with Gasteiger partial charge < -0.3 is 10.5 Å². The zero-order chi connectivity index (χ0) is 13.8. The minimum atomic E-state index is -3.85. The Bertz CT molecular complexity index is 383. The van der Waals surface area contributed by atoms with Gasteiger partial charge in [0.05, 0.1) is 6.10 Å². The SMILES string of the molecule is CC(C)OC(=O)NS(=O)(=O)NCC1CCC(N)C1. The van der Waals surface area contributed by atoms with E-state index in [4.69, 9.17) is 5.73 Å². The molecule has 0 aromatic heterocycles. The van der Waals surface area contributed by atoms with Gasteiger partial charge in [0.2, 0.25) is 0 Å². The van der Waals surface area contributed by atoms with Crippen LogP contribution in [0.3, 0.4) is 0 Å². The van der Waals surface area contributed by atoms with Crippen molar-refractivity contribution in [2.45, 2.75) is 45.3 Å². The van der Waals surface area contributed by atoms with Crippen LogP contribution in [0.25, 0.3) is 0 Å². The molecular weight excluding hydrogens is 258 g/mol. The molecule has 2 unspecified atom stereocenters. The fraction of sp³-hybridized carbons (Fsp3) is 0.900. The first-order chi connectivity index (χ1) is 8.28. The molecule has 1 aliphatic rings. The van der Waals surface area contributed by atoms with Crippen LogP contribution < -0.4 is 15.2 Å². The number of nitrogens with one attached hydrogen (secondary N) is 2. The van der Waals surface area contributed by atoms with Gasteiger partial charge in [0.1, 0.15) is 0 Å². The van der Waals surface area contributed by atoms with E-state index >= 15 is 0 Å². The lowest BCUT2D eigenvalue weighted by Crippen LogP contribution is -2.42. The van der Waals surface area contributed by atoms with E-state index in [-0.39, 0.29) is 24.6 Å². The maximum absolute atomic E-state index is 11.5. The summed E-state index contributed by atoms with van der Waals surface area (Å²) >= 11 is 0. The Morgan fingerprint density at radius 1 is 1.44 bits per heavy atom. The largest absolute Gasteiger partial charge is 0.446 e. The Hall–Kier alpha value is -0.860. The minimum absolute atomic E-state index is 0.151. The van der Waals surface area contributed by atoms with Gasteiger partial charge in [0.25, 0.3) is 0 Å². The van der Waals surface area contributed by atoms with E-state index < -0.39 is 16.3 Å². The highest BCUT2D eigenvalue weighted by Gasteiger charge is 2.24. The van der Waals surface area contributed by atoms with Gasteiger partial charge in [-0.25, -0.2) is 9.52 Å². The van der Waals surface area contributed by atoms with E-state index in [0.717, 1.165) is 19.3 Å². The monoisotopic (exact) mass is 279 g/mol. The van der Waals surface area contributed by atoms with Crippen LogP contribution in [-0.2, 0) is 14.9 Å². The number of carbonyl (C=O) groups excluding carboxylic acids is 1. The molecule has 4 N–H and O–H groups in total. The number of nitrogens with two attached hydrogens (primary N) is 1. The Balaban J connectivity index is 2.33. The normalized spacial score (nSPS) is 24.2. The van der Waals surface area contributed by atoms with Gasteiger partial charge in [-0.3, -0.25) is 0 Å². The van der Waals surface area contributed by atoms with E-state index in [0.29, 0.717) is 0 Å². The van der Waals surface area contributed by atoms with Crippen molar-refractivity contribution in [1.29, 1.82) is 0 Å². The van der Waals surface area contributed by atoms with Crippen molar-refractivity contribution < 1.29 is 17.9 Å². The fourth-order valence-electron chi connectivity index (χ4n) is 1.91. The summed E-state index contributed by atoms with van der Waals surface area (Å²) in [5.74, 6) is 0.234. The predicted octanol–water partition coefficient (Wildman–Crippen LogP) is 0.0828. The Kier molecular flexibility index (Phi) is 5.36. The Labute approximate surface area is 108 Å². The highest BCUT2D eigenvalue weighted by atomic mass is 32.2. The van der Waals surface area contributed by atoms with Crippen LogP contribution in [0, 0.1) is 5.92 Å².